The summed E-state index contributed by atoms with van der Waals surface area (Å²) in [6, 6.07) is 3.96. The van der Waals surface area contributed by atoms with Crippen LogP contribution in [0.5, 0.6) is 5.75 Å². The Kier molecular flexibility index (Phi) is 4.74. The van der Waals surface area contributed by atoms with E-state index in [0.717, 1.165) is 25.9 Å². The van der Waals surface area contributed by atoms with E-state index in [-0.39, 0.29) is 18.2 Å². The molecule has 1 N–H and O–H groups in total. The third kappa shape index (κ3) is 3.49. The summed E-state index contributed by atoms with van der Waals surface area (Å²) in [5.41, 5.74) is 0.176. The highest BCUT2D eigenvalue weighted by Crippen LogP contribution is 2.25. The van der Waals surface area contributed by atoms with E-state index in [1.165, 1.54) is 18.2 Å². The minimum atomic E-state index is -0.685. The van der Waals surface area contributed by atoms with Crippen LogP contribution in [0.1, 0.15) is 25.3 Å². The van der Waals surface area contributed by atoms with Crippen LogP contribution in [0.3, 0.4) is 0 Å². The lowest BCUT2D eigenvalue weighted by Gasteiger charge is -2.22. The molecule has 114 valence electrons. The SMILES string of the molecule is CC(Oc1ccc([N+](=O)[O-])cc1CO)C(=O)N1CCCC1. The van der Waals surface area contributed by atoms with E-state index in [0.29, 0.717) is 11.3 Å². The molecular weight excluding hydrogens is 276 g/mol. The van der Waals surface area contributed by atoms with Crippen LogP contribution in [0.4, 0.5) is 5.69 Å². The summed E-state index contributed by atoms with van der Waals surface area (Å²) in [4.78, 5) is 24.1. The molecular formula is C14H18N2O5. The molecule has 7 nitrogen and oxygen atoms in total. The minimum Gasteiger partial charge on any atom is -0.481 e. The van der Waals surface area contributed by atoms with E-state index in [1.54, 1.807) is 11.8 Å². The maximum atomic E-state index is 12.2. The number of rotatable bonds is 5. The Balaban J connectivity index is 2.10. The number of nitrogens with zero attached hydrogens (tertiary/aromatic N) is 2. The number of hydrogen-bond donors (Lipinski definition) is 1. The van der Waals surface area contributed by atoms with Crippen LogP contribution in [-0.4, -0.2) is 40.0 Å². The van der Waals surface area contributed by atoms with Crippen molar-refractivity contribution in [3.8, 4) is 5.75 Å². The van der Waals surface area contributed by atoms with Crippen LogP contribution in [0.25, 0.3) is 0 Å². The summed E-state index contributed by atoms with van der Waals surface area (Å²) in [6.07, 6.45) is 1.31. The zero-order valence-electron chi connectivity index (χ0n) is 11.8. The van der Waals surface area contributed by atoms with E-state index in [1.807, 2.05) is 0 Å². The van der Waals surface area contributed by atoms with Gasteiger partial charge in [-0.1, -0.05) is 0 Å². The van der Waals surface area contributed by atoms with E-state index in [9.17, 15) is 20.0 Å². The average molecular weight is 294 g/mol. The Morgan fingerprint density at radius 1 is 1.48 bits per heavy atom. The van der Waals surface area contributed by atoms with Crippen molar-refractivity contribution in [1.29, 1.82) is 0 Å². The number of likely N-dealkylation sites (tertiary alicyclic amines) is 1. The molecule has 7 heteroatoms. The third-order valence-corrected chi connectivity index (χ3v) is 3.49. The quantitative estimate of drug-likeness (QED) is 0.656. The standard InChI is InChI=1S/C14H18N2O5/c1-10(14(18)15-6-2-3-7-15)21-13-5-4-12(16(19)20)8-11(13)9-17/h4-5,8,10,17H,2-3,6-7,9H2,1H3. The Bertz CT molecular complexity index is 540. The molecule has 1 saturated heterocycles. The van der Waals surface area contributed by atoms with Crippen molar-refractivity contribution in [3.05, 3.63) is 33.9 Å². The first-order valence-electron chi connectivity index (χ1n) is 6.86. The van der Waals surface area contributed by atoms with Gasteiger partial charge in [0.2, 0.25) is 0 Å². The van der Waals surface area contributed by atoms with Crippen LogP contribution < -0.4 is 4.74 Å². The van der Waals surface area contributed by atoms with Gasteiger partial charge < -0.3 is 14.7 Å². The van der Waals surface area contributed by atoms with E-state index in [4.69, 9.17) is 4.74 Å². The number of aliphatic hydroxyl groups is 1. The summed E-state index contributed by atoms with van der Waals surface area (Å²) in [7, 11) is 0. The van der Waals surface area contributed by atoms with Gasteiger partial charge in [-0.3, -0.25) is 14.9 Å². The smallest absolute Gasteiger partial charge is 0.270 e. The zero-order chi connectivity index (χ0) is 15.4. The van der Waals surface area contributed by atoms with Crippen molar-refractivity contribution in [2.45, 2.75) is 32.5 Å². The molecule has 0 saturated carbocycles. The lowest BCUT2D eigenvalue weighted by molar-refractivity contribution is -0.385. The summed E-state index contributed by atoms with van der Waals surface area (Å²) in [5, 5.41) is 20.0. The second-order valence-electron chi connectivity index (χ2n) is 5.00. The van der Waals surface area contributed by atoms with Gasteiger partial charge in [0, 0.05) is 30.8 Å². The molecule has 1 amide bonds. The summed E-state index contributed by atoms with van der Waals surface area (Å²) < 4.78 is 5.57. The fourth-order valence-corrected chi connectivity index (χ4v) is 2.35. The van der Waals surface area contributed by atoms with Crippen LogP contribution in [-0.2, 0) is 11.4 Å². The monoisotopic (exact) mass is 294 g/mol. The second-order valence-corrected chi connectivity index (χ2v) is 5.00. The maximum Gasteiger partial charge on any atom is 0.270 e. The van der Waals surface area contributed by atoms with Crippen LogP contribution in [0, 0.1) is 10.1 Å². The van der Waals surface area contributed by atoms with Crippen molar-refractivity contribution < 1.29 is 19.6 Å². The van der Waals surface area contributed by atoms with Gasteiger partial charge in [-0.15, -0.1) is 0 Å². The fourth-order valence-electron chi connectivity index (χ4n) is 2.35. The van der Waals surface area contributed by atoms with E-state index >= 15 is 0 Å². The largest absolute Gasteiger partial charge is 0.481 e. The number of non-ortho nitro benzene ring substituents is 1. The number of nitro benzene ring substituents is 1. The van der Waals surface area contributed by atoms with Crippen molar-refractivity contribution in [1.82, 2.24) is 4.90 Å². The van der Waals surface area contributed by atoms with Gasteiger partial charge in [0.25, 0.3) is 11.6 Å². The number of carbonyl (C=O) groups excluding carboxylic acids is 1. The molecule has 0 aromatic heterocycles. The van der Waals surface area contributed by atoms with Crippen LogP contribution in [0.2, 0.25) is 0 Å². The first-order chi connectivity index (χ1) is 10.0. The summed E-state index contributed by atoms with van der Waals surface area (Å²) in [5.74, 6) is 0.192. The van der Waals surface area contributed by atoms with Gasteiger partial charge in [0.1, 0.15) is 5.75 Å². The molecule has 1 aliphatic heterocycles. The highest BCUT2D eigenvalue weighted by molar-refractivity contribution is 5.81. The highest BCUT2D eigenvalue weighted by atomic mass is 16.6. The summed E-state index contributed by atoms with van der Waals surface area (Å²) >= 11 is 0. The first kappa shape index (κ1) is 15.2. The fraction of sp³-hybridized carbons (Fsp3) is 0.500. The predicted molar refractivity (Wildman–Crippen MR) is 74.9 cm³/mol. The van der Waals surface area contributed by atoms with Crippen molar-refractivity contribution in [2.75, 3.05) is 13.1 Å². The molecule has 0 radical (unpaired) electrons. The zero-order valence-corrected chi connectivity index (χ0v) is 11.8. The number of amides is 1. The molecule has 1 aromatic rings. The van der Waals surface area contributed by atoms with Gasteiger partial charge in [-0.2, -0.15) is 0 Å². The predicted octanol–water partition coefficient (Wildman–Crippen LogP) is 1.48. The van der Waals surface area contributed by atoms with Gasteiger partial charge in [0.05, 0.1) is 11.5 Å². The second kappa shape index (κ2) is 6.53. The molecule has 0 spiro atoms. The Morgan fingerprint density at radius 3 is 2.71 bits per heavy atom. The van der Waals surface area contributed by atoms with Crippen LogP contribution >= 0.6 is 0 Å². The van der Waals surface area contributed by atoms with Gasteiger partial charge in [0.15, 0.2) is 6.10 Å². The molecule has 1 fully saturated rings. The average Bonchev–Trinajstić information content (AvgIpc) is 3.00. The number of nitro groups is 1. The molecule has 2 rings (SSSR count). The lowest BCUT2D eigenvalue weighted by Crippen LogP contribution is -2.38. The van der Waals surface area contributed by atoms with Gasteiger partial charge in [-0.05, 0) is 25.8 Å². The Morgan fingerprint density at radius 2 is 2.14 bits per heavy atom. The van der Waals surface area contributed by atoms with Crippen LogP contribution in [0.15, 0.2) is 18.2 Å². The summed E-state index contributed by atoms with van der Waals surface area (Å²) in [6.45, 7) is 2.73. The molecule has 21 heavy (non-hydrogen) atoms. The van der Waals surface area contributed by atoms with E-state index in [2.05, 4.69) is 0 Å². The van der Waals surface area contributed by atoms with Crippen molar-refractivity contribution >= 4 is 11.6 Å². The van der Waals surface area contributed by atoms with E-state index < -0.39 is 11.0 Å². The number of hydrogen-bond acceptors (Lipinski definition) is 5. The highest BCUT2D eigenvalue weighted by Gasteiger charge is 2.25. The van der Waals surface area contributed by atoms with Gasteiger partial charge in [-0.25, -0.2) is 0 Å². The maximum absolute atomic E-state index is 12.2. The Hall–Kier alpha value is -2.15. The van der Waals surface area contributed by atoms with Crippen molar-refractivity contribution in [3.63, 3.8) is 0 Å². The van der Waals surface area contributed by atoms with Crippen molar-refractivity contribution in [2.24, 2.45) is 0 Å². The normalized spacial score (nSPS) is 15.8. The number of ether oxygens (including phenoxy) is 1. The molecule has 0 bridgehead atoms. The minimum absolute atomic E-state index is 0.102. The number of carbonyl (C=O) groups is 1. The number of benzene rings is 1. The number of aliphatic hydroxyl groups excluding tert-OH is 1. The van der Waals surface area contributed by atoms with Gasteiger partial charge >= 0.3 is 0 Å². The third-order valence-electron chi connectivity index (χ3n) is 3.49. The first-order valence-corrected chi connectivity index (χ1v) is 6.86. The molecule has 1 aliphatic rings. The molecule has 1 unspecified atom stereocenters. The molecule has 1 aromatic carbocycles. The Labute approximate surface area is 122 Å². The molecule has 0 aliphatic carbocycles. The topological polar surface area (TPSA) is 92.9 Å². The lowest BCUT2D eigenvalue weighted by atomic mass is 10.2. The molecule has 1 heterocycles. The molecule has 1 atom stereocenters.